The highest BCUT2D eigenvalue weighted by atomic mass is 35.5. The maximum atomic E-state index is 12.6. The topological polar surface area (TPSA) is 120 Å². The first-order valence-corrected chi connectivity index (χ1v) is 11.7. The molecule has 3 aromatic rings. The highest BCUT2D eigenvalue weighted by Gasteiger charge is 2.21. The molecule has 0 radical (unpaired) electrons. The zero-order chi connectivity index (χ0) is 26.9. The summed E-state index contributed by atoms with van der Waals surface area (Å²) < 4.78 is 0. The van der Waals surface area contributed by atoms with Crippen molar-refractivity contribution >= 4 is 58.0 Å². The molecule has 10 nitrogen and oxygen atoms in total. The Morgan fingerprint density at radius 3 is 2.43 bits per heavy atom. The van der Waals surface area contributed by atoms with Crippen LogP contribution in [-0.2, 0) is 9.59 Å². The average Bonchev–Trinajstić information content (AvgIpc) is 2.85. The maximum absolute atomic E-state index is 12.6. The van der Waals surface area contributed by atoms with Crippen molar-refractivity contribution in [1.82, 2.24) is 19.8 Å². The largest absolute Gasteiger partial charge is 0.342 e. The number of carbonyl (C=O) groups excluding carboxylic acids is 3. The standard InChI is InChI=1S/C26H28ClN7O3/c1-33(2)14-8-13-22(35)29-17-9-7-10-18(15-17)30-26-28-16-20(27)24(32-26)31-21-12-6-5-11-19(21)23(36)25(37)34(3)4/h5-13,15-16H,14H2,1-4H3,(H,29,35)(H2,28,30,31,32). The van der Waals surface area contributed by atoms with Gasteiger partial charge in [-0.25, -0.2) is 4.98 Å². The van der Waals surface area contributed by atoms with Gasteiger partial charge in [0.05, 0.1) is 17.4 Å². The first kappa shape index (κ1) is 27.3. The van der Waals surface area contributed by atoms with E-state index in [1.54, 1.807) is 54.6 Å². The number of benzene rings is 2. The summed E-state index contributed by atoms with van der Waals surface area (Å²) in [5.74, 6) is -1.08. The first-order valence-electron chi connectivity index (χ1n) is 11.3. The van der Waals surface area contributed by atoms with Crippen LogP contribution >= 0.6 is 11.6 Å². The highest BCUT2D eigenvalue weighted by Crippen LogP contribution is 2.27. The lowest BCUT2D eigenvalue weighted by Crippen LogP contribution is -2.30. The van der Waals surface area contributed by atoms with E-state index in [0.717, 1.165) is 0 Å². The molecule has 1 aromatic heterocycles. The summed E-state index contributed by atoms with van der Waals surface area (Å²) in [5.41, 5.74) is 1.79. The van der Waals surface area contributed by atoms with Crippen LogP contribution in [-0.4, -0.2) is 72.1 Å². The number of carbonyl (C=O) groups is 3. The molecule has 0 spiro atoms. The van der Waals surface area contributed by atoms with Gasteiger partial charge >= 0.3 is 0 Å². The van der Waals surface area contributed by atoms with Gasteiger partial charge in [0, 0.05) is 38.1 Å². The van der Waals surface area contributed by atoms with Gasteiger partial charge < -0.3 is 25.8 Å². The van der Waals surface area contributed by atoms with Crippen LogP contribution in [0.1, 0.15) is 10.4 Å². The van der Waals surface area contributed by atoms with Crippen molar-refractivity contribution in [2.45, 2.75) is 0 Å². The van der Waals surface area contributed by atoms with Crippen molar-refractivity contribution in [3.63, 3.8) is 0 Å². The molecule has 11 heteroatoms. The second kappa shape index (κ2) is 12.6. The van der Waals surface area contributed by atoms with Gasteiger partial charge in [0.25, 0.3) is 11.7 Å². The summed E-state index contributed by atoms with van der Waals surface area (Å²) in [6.07, 6.45) is 4.67. The third-order valence-electron chi connectivity index (χ3n) is 4.90. The smallest absolute Gasteiger partial charge is 0.294 e. The van der Waals surface area contributed by atoms with Crippen LogP contribution in [0.5, 0.6) is 0 Å². The normalized spacial score (nSPS) is 10.9. The van der Waals surface area contributed by atoms with Crippen LogP contribution in [0.15, 0.2) is 66.9 Å². The van der Waals surface area contributed by atoms with E-state index < -0.39 is 11.7 Å². The van der Waals surface area contributed by atoms with E-state index in [0.29, 0.717) is 23.6 Å². The fourth-order valence-corrected chi connectivity index (χ4v) is 3.25. The minimum atomic E-state index is -0.660. The minimum absolute atomic E-state index is 0.188. The van der Waals surface area contributed by atoms with Crippen LogP contribution in [0.25, 0.3) is 0 Å². The quantitative estimate of drug-likeness (QED) is 0.208. The van der Waals surface area contributed by atoms with Gasteiger partial charge in [-0.15, -0.1) is 0 Å². The maximum Gasteiger partial charge on any atom is 0.294 e. The third-order valence-corrected chi connectivity index (χ3v) is 5.17. The predicted molar refractivity (Wildman–Crippen MR) is 146 cm³/mol. The Morgan fingerprint density at radius 1 is 0.973 bits per heavy atom. The fourth-order valence-electron chi connectivity index (χ4n) is 3.11. The molecule has 0 unspecified atom stereocenters. The van der Waals surface area contributed by atoms with E-state index in [1.807, 2.05) is 19.0 Å². The zero-order valence-electron chi connectivity index (χ0n) is 20.9. The molecule has 0 bridgehead atoms. The summed E-state index contributed by atoms with van der Waals surface area (Å²) in [5, 5.41) is 9.13. The summed E-state index contributed by atoms with van der Waals surface area (Å²) in [6, 6.07) is 13.7. The molecule has 3 rings (SSSR count). The number of Topliss-reactive ketones (excluding diaryl/α,β-unsaturated/α-hetero) is 1. The monoisotopic (exact) mass is 521 g/mol. The highest BCUT2D eigenvalue weighted by molar-refractivity contribution is 6.43. The van der Waals surface area contributed by atoms with E-state index >= 15 is 0 Å². The molecule has 0 aliphatic carbocycles. The van der Waals surface area contributed by atoms with E-state index in [1.165, 1.54) is 31.3 Å². The van der Waals surface area contributed by atoms with Crippen molar-refractivity contribution in [1.29, 1.82) is 0 Å². The van der Waals surface area contributed by atoms with E-state index in [4.69, 9.17) is 11.6 Å². The van der Waals surface area contributed by atoms with Gasteiger partial charge in [0.1, 0.15) is 5.02 Å². The fraction of sp³-hybridized carbons (Fsp3) is 0.192. The van der Waals surface area contributed by atoms with E-state index in [9.17, 15) is 14.4 Å². The molecule has 0 atom stereocenters. The number of hydrogen-bond acceptors (Lipinski definition) is 8. The van der Waals surface area contributed by atoms with Crippen molar-refractivity contribution in [3.05, 3.63) is 77.5 Å². The van der Waals surface area contributed by atoms with Crippen molar-refractivity contribution < 1.29 is 14.4 Å². The summed E-state index contributed by atoms with van der Waals surface area (Å²) >= 11 is 6.31. The number of nitrogens with zero attached hydrogens (tertiary/aromatic N) is 4. The third kappa shape index (κ3) is 7.86. The minimum Gasteiger partial charge on any atom is -0.342 e. The van der Waals surface area contributed by atoms with Crippen LogP contribution in [0.4, 0.5) is 28.8 Å². The molecule has 0 fully saturated rings. The lowest BCUT2D eigenvalue weighted by molar-refractivity contribution is -0.124. The number of amides is 2. The average molecular weight is 522 g/mol. The molecular formula is C26H28ClN7O3. The Morgan fingerprint density at radius 2 is 1.70 bits per heavy atom. The van der Waals surface area contributed by atoms with E-state index in [2.05, 4.69) is 25.9 Å². The van der Waals surface area contributed by atoms with Crippen LogP contribution in [0.3, 0.4) is 0 Å². The predicted octanol–water partition coefficient (Wildman–Crippen LogP) is 3.94. The van der Waals surface area contributed by atoms with Crippen molar-refractivity contribution in [3.8, 4) is 0 Å². The molecule has 2 amide bonds. The van der Waals surface area contributed by atoms with E-state index in [-0.39, 0.29) is 28.3 Å². The van der Waals surface area contributed by atoms with Gasteiger partial charge in [0.15, 0.2) is 5.82 Å². The zero-order valence-corrected chi connectivity index (χ0v) is 21.7. The Balaban J connectivity index is 1.76. The Hall–Kier alpha value is -4.28. The molecule has 0 aliphatic heterocycles. The molecule has 2 aromatic carbocycles. The molecule has 192 valence electrons. The summed E-state index contributed by atoms with van der Waals surface area (Å²) in [4.78, 5) is 48.8. The number of anilines is 5. The number of rotatable bonds is 10. The molecule has 0 saturated carbocycles. The Kier molecular flexibility index (Phi) is 9.31. The molecule has 0 aliphatic rings. The number of hydrogen-bond donors (Lipinski definition) is 3. The number of halogens is 1. The molecular weight excluding hydrogens is 494 g/mol. The molecule has 3 N–H and O–H groups in total. The SMILES string of the molecule is CN(C)CC=CC(=O)Nc1cccc(Nc2ncc(Cl)c(Nc3ccccc3C(=O)C(=O)N(C)C)n2)c1. The Labute approximate surface area is 220 Å². The lowest BCUT2D eigenvalue weighted by Gasteiger charge is -2.14. The van der Waals surface area contributed by atoms with Crippen molar-refractivity contribution in [2.75, 3.05) is 50.7 Å². The Bertz CT molecular complexity index is 1330. The number of nitrogens with one attached hydrogen (secondary N) is 3. The lowest BCUT2D eigenvalue weighted by atomic mass is 10.1. The van der Waals surface area contributed by atoms with Gasteiger partial charge in [-0.05, 0) is 44.4 Å². The van der Waals surface area contributed by atoms with Crippen LogP contribution in [0.2, 0.25) is 5.02 Å². The summed E-state index contributed by atoms with van der Waals surface area (Å²) in [6.45, 7) is 0.657. The van der Waals surface area contributed by atoms with Gasteiger partial charge in [-0.3, -0.25) is 14.4 Å². The second-order valence-electron chi connectivity index (χ2n) is 8.45. The summed E-state index contributed by atoms with van der Waals surface area (Å²) in [7, 11) is 6.86. The number of para-hydroxylation sites is 1. The van der Waals surface area contributed by atoms with Crippen LogP contribution < -0.4 is 16.0 Å². The number of aromatic nitrogens is 2. The molecule has 0 saturated heterocycles. The number of likely N-dealkylation sites (N-methyl/N-ethyl adjacent to an activating group) is 2. The van der Waals surface area contributed by atoms with Gasteiger partial charge in [-0.2, -0.15) is 4.98 Å². The van der Waals surface area contributed by atoms with Gasteiger partial charge in [0.2, 0.25) is 11.9 Å². The molecule has 37 heavy (non-hydrogen) atoms. The van der Waals surface area contributed by atoms with Crippen LogP contribution in [0, 0.1) is 0 Å². The molecule has 1 heterocycles. The second-order valence-corrected chi connectivity index (χ2v) is 8.86. The number of ketones is 1. The van der Waals surface area contributed by atoms with Gasteiger partial charge in [-0.1, -0.05) is 35.9 Å². The van der Waals surface area contributed by atoms with Crippen molar-refractivity contribution in [2.24, 2.45) is 0 Å². The first-order chi connectivity index (χ1) is 17.6.